The summed E-state index contributed by atoms with van der Waals surface area (Å²) in [5, 5.41) is 0.126. The number of hydrogen-bond acceptors (Lipinski definition) is 6. The van der Waals surface area contributed by atoms with Gasteiger partial charge >= 0.3 is 40.8 Å². The van der Waals surface area contributed by atoms with Gasteiger partial charge in [0.1, 0.15) is 6.61 Å². The monoisotopic (exact) mass is 259 g/mol. The van der Waals surface area contributed by atoms with Crippen LogP contribution in [0.3, 0.4) is 0 Å². The Bertz CT molecular complexity index is 376. The molecule has 0 rings (SSSR count). The summed E-state index contributed by atoms with van der Waals surface area (Å²) in [6.45, 7) is 4.25. The second kappa shape index (κ2) is 7.80. The fourth-order valence-corrected chi connectivity index (χ4v) is 0.787. The first-order chi connectivity index (χ1) is 6.75. The summed E-state index contributed by atoms with van der Waals surface area (Å²) in [5.41, 5.74) is 0.178. The van der Waals surface area contributed by atoms with Crippen LogP contribution in [0, 0.1) is 0 Å². The van der Waals surface area contributed by atoms with Gasteiger partial charge in [-0.25, -0.2) is 13.2 Å². The Morgan fingerprint density at radius 3 is 2.31 bits per heavy atom. The molecular weight excluding hydrogens is 249 g/mol. The van der Waals surface area contributed by atoms with Crippen molar-refractivity contribution < 1.29 is 56.9 Å². The molecule has 0 aromatic carbocycles. The average Bonchev–Trinajstić information content (AvgIpc) is 2.09. The van der Waals surface area contributed by atoms with Gasteiger partial charge in [0.15, 0.2) is 10.1 Å². The van der Waals surface area contributed by atoms with Crippen LogP contribution in [0.4, 0.5) is 4.79 Å². The zero-order valence-electron chi connectivity index (χ0n) is 8.98. The van der Waals surface area contributed by atoms with Crippen LogP contribution in [-0.2, 0) is 19.6 Å². The first-order valence-electron chi connectivity index (χ1n) is 3.81. The average molecular weight is 259 g/mol. The van der Waals surface area contributed by atoms with Crippen molar-refractivity contribution in [2.45, 2.75) is 6.92 Å². The fraction of sp³-hybridized carbons (Fsp3) is 0.429. The van der Waals surface area contributed by atoms with Gasteiger partial charge in [-0.15, -0.1) is 0 Å². The van der Waals surface area contributed by atoms with E-state index >= 15 is 0 Å². The third-order valence-electron chi connectivity index (χ3n) is 1.18. The van der Waals surface area contributed by atoms with Crippen LogP contribution in [0.1, 0.15) is 6.92 Å². The fourth-order valence-electron chi connectivity index (χ4n) is 0.508. The van der Waals surface area contributed by atoms with Crippen molar-refractivity contribution in [3.8, 4) is 0 Å². The Balaban J connectivity index is 0. The molecule has 0 saturated carbocycles. The summed E-state index contributed by atoms with van der Waals surface area (Å²) in [7, 11) is -4.98. The molecule has 1 amide bonds. The van der Waals surface area contributed by atoms with Crippen LogP contribution in [0.5, 0.6) is 0 Å². The van der Waals surface area contributed by atoms with Crippen molar-refractivity contribution in [3.05, 3.63) is 12.2 Å². The molecule has 86 valence electrons. The first-order valence-corrected chi connectivity index (χ1v) is 5.22. The van der Waals surface area contributed by atoms with Gasteiger partial charge in [-0.2, -0.15) is 0 Å². The van der Waals surface area contributed by atoms with Gasteiger partial charge in [0.2, 0.25) is 0 Å². The minimum Gasteiger partial charge on any atom is -0.740 e. The van der Waals surface area contributed by atoms with Crippen molar-refractivity contribution in [3.63, 3.8) is 0 Å². The molecular formula is C7H10NNaO6S. The third kappa shape index (κ3) is 7.83. The zero-order chi connectivity index (χ0) is 12.1. The minimum absolute atomic E-state index is 0. The maximum absolute atomic E-state index is 10.8. The SMILES string of the molecule is C=C(C)C(=O)OCCNC(=O)S(=O)(=O)[O-].[Na+]. The number of ether oxygens (including phenoxy) is 1. The normalized spacial score (nSPS) is 9.88. The predicted molar refractivity (Wildman–Crippen MR) is 48.9 cm³/mol. The summed E-state index contributed by atoms with van der Waals surface area (Å²) >= 11 is 0. The minimum atomic E-state index is -4.98. The zero-order valence-corrected chi connectivity index (χ0v) is 11.8. The number of rotatable bonds is 4. The molecule has 0 aromatic rings. The first kappa shape index (κ1) is 18.0. The maximum atomic E-state index is 10.8. The maximum Gasteiger partial charge on any atom is 1.00 e. The van der Waals surface area contributed by atoms with Gasteiger partial charge in [-0.3, -0.25) is 4.79 Å². The van der Waals surface area contributed by atoms with Crippen LogP contribution < -0.4 is 34.9 Å². The Labute approximate surface area is 115 Å². The molecule has 0 atom stereocenters. The van der Waals surface area contributed by atoms with E-state index in [4.69, 9.17) is 0 Å². The second-order valence-corrected chi connectivity index (χ2v) is 3.86. The van der Waals surface area contributed by atoms with Gasteiger partial charge < -0.3 is 14.6 Å². The van der Waals surface area contributed by atoms with E-state index in [0.29, 0.717) is 0 Å². The van der Waals surface area contributed by atoms with Gasteiger partial charge in [-0.1, -0.05) is 6.58 Å². The molecule has 7 nitrogen and oxygen atoms in total. The van der Waals surface area contributed by atoms with Gasteiger partial charge in [0.05, 0.1) is 6.54 Å². The number of amides is 1. The van der Waals surface area contributed by atoms with E-state index in [0.717, 1.165) is 0 Å². The number of carbonyl (C=O) groups is 2. The largest absolute Gasteiger partial charge is 1.00 e. The smallest absolute Gasteiger partial charge is 0.740 e. The van der Waals surface area contributed by atoms with E-state index in [1.165, 1.54) is 6.92 Å². The summed E-state index contributed by atoms with van der Waals surface area (Å²) < 4.78 is 34.8. The quantitative estimate of drug-likeness (QED) is 0.183. The number of esters is 1. The Hall–Kier alpha value is -0.410. The van der Waals surface area contributed by atoms with Crippen LogP contribution in [0.25, 0.3) is 0 Å². The predicted octanol–water partition coefficient (Wildman–Crippen LogP) is -3.64. The van der Waals surface area contributed by atoms with Crippen molar-refractivity contribution in [2.24, 2.45) is 0 Å². The number of hydrogen-bond donors (Lipinski definition) is 1. The molecule has 1 N–H and O–H groups in total. The summed E-state index contributed by atoms with van der Waals surface area (Å²) in [6.07, 6.45) is 0. The third-order valence-corrected chi connectivity index (χ3v) is 1.78. The molecule has 0 aromatic heterocycles. The van der Waals surface area contributed by atoms with Crippen molar-refractivity contribution in [2.75, 3.05) is 13.2 Å². The summed E-state index contributed by atoms with van der Waals surface area (Å²) in [5.74, 6) is -0.658. The summed E-state index contributed by atoms with van der Waals surface area (Å²) in [6, 6.07) is 0. The van der Waals surface area contributed by atoms with E-state index in [1.54, 1.807) is 5.32 Å². The van der Waals surface area contributed by atoms with Crippen LogP contribution in [0.2, 0.25) is 0 Å². The molecule has 0 unspecified atom stereocenters. The molecule has 0 aliphatic rings. The topological polar surface area (TPSA) is 113 Å². The van der Waals surface area contributed by atoms with Gasteiger partial charge in [0.25, 0.3) is 0 Å². The molecule has 0 bridgehead atoms. The van der Waals surface area contributed by atoms with Gasteiger partial charge in [-0.05, 0) is 6.92 Å². The molecule has 0 saturated heterocycles. The molecule has 16 heavy (non-hydrogen) atoms. The van der Waals surface area contributed by atoms with Crippen molar-refractivity contribution in [1.82, 2.24) is 5.32 Å². The second-order valence-electron chi connectivity index (χ2n) is 2.58. The van der Waals surface area contributed by atoms with E-state index in [2.05, 4.69) is 11.3 Å². The molecule has 0 fully saturated rings. The van der Waals surface area contributed by atoms with Crippen molar-refractivity contribution in [1.29, 1.82) is 0 Å². The summed E-state index contributed by atoms with van der Waals surface area (Å²) in [4.78, 5) is 21.2. The Kier molecular flexibility index (Phi) is 8.76. The van der Waals surface area contributed by atoms with E-state index in [1.807, 2.05) is 0 Å². The van der Waals surface area contributed by atoms with Crippen LogP contribution >= 0.6 is 0 Å². The van der Waals surface area contributed by atoms with E-state index < -0.39 is 21.3 Å². The van der Waals surface area contributed by atoms with Crippen LogP contribution in [0.15, 0.2) is 12.2 Å². The molecule has 0 spiro atoms. The molecule has 0 radical (unpaired) electrons. The molecule has 9 heteroatoms. The molecule has 0 heterocycles. The van der Waals surface area contributed by atoms with Crippen LogP contribution in [-0.4, -0.2) is 37.3 Å². The Morgan fingerprint density at radius 1 is 1.44 bits per heavy atom. The van der Waals surface area contributed by atoms with Crippen molar-refractivity contribution >= 4 is 21.3 Å². The van der Waals surface area contributed by atoms with Gasteiger partial charge in [0, 0.05) is 5.57 Å². The Morgan fingerprint density at radius 2 is 1.94 bits per heavy atom. The molecule has 0 aliphatic heterocycles. The van der Waals surface area contributed by atoms with E-state index in [9.17, 15) is 22.6 Å². The molecule has 0 aliphatic carbocycles. The number of nitrogens with one attached hydrogen (secondary N) is 1. The van der Waals surface area contributed by atoms with E-state index in [-0.39, 0.29) is 48.3 Å². The standard InChI is InChI=1S/C7H11NO6S.Na/c1-5(2)6(9)14-4-3-8-7(10)15(11,12)13;/h1,3-4H2,2H3,(H,8,10)(H,11,12,13);/q;+1/p-1. The number of carbonyl (C=O) groups excluding carboxylic acids is 2.